The van der Waals surface area contributed by atoms with Crippen molar-refractivity contribution in [1.82, 2.24) is 24.6 Å². The van der Waals surface area contributed by atoms with E-state index in [0.29, 0.717) is 36.2 Å². The Bertz CT molecular complexity index is 1730. The van der Waals surface area contributed by atoms with E-state index < -0.39 is 5.92 Å². The standard InChI is InChI=1S/C38H44F3N5O2S/c1-4-44(5-2)22-23-45(24-27-10-14-29(15-11-27)30-16-18-32(19-17-30)38(3,40)41)34(47)25-46-37(49-26-28-12-20-33(39)21-13-28)42-36(48)35(43-46)31-8-6-7-9-31/h10-21,31H,4-9,22-26H2,1-3H3. The molecule has 11 heteroatoms. The summed E-state index contributed by atoms with van der Waals surface area (Å²) in [5, 5.41) is 5.11. The van der Waals surface area contributed by atoms with Crippen molar-refractivity contribution in [1.29, 1.82) is 0 Å². The second-order valence-corrected chi connectivity index (χ2v) is 13.6. The zero-order valence-corrected chi connectivity index (χ0v) is 29.2. The van der Waals surface area contributed by atoms with Crippen LogP contribution in [-0.4, -0.2) is 56.7 Å². The first-order chi connectivity index (χ1) is 23.5. The predicted octanol–water partition coefficient (Wildman–Crippen LogP) is 7.88. The van der Waals surface area contributed by atoms with Crippen LogP contribution >= 0.6 is 11.8 Å². The highest BCUT2D eigenvalue weighted by Gasteiger charge is 2.26. The summed E-state index contributed by atoms with van der Waals surface area (Å²) < 4.78 is 42.5. The van der Waals surface area contributed by atoms with E-state index in [2.05, 4.69) is 23.7 Å². The van der Waals surface area contributed by atoms with Crippen molar-refractivity contribution in [3.63, 3.8) is 0 Å². The molecule has 4 aromatic rings. The summed E-state index contributed by atoms with van der Waals surface area (Å²) in [5.41, 5.74) is 3.54. The molecule has 0 saturated heterocycles. The van der Waals surface area contributed by atoms with Crippen LogP contribution in [0.15, 0.2) is 82.7 Å². The third-order valence-corrected chi connectivity index (χ3v) is 10.2. The molecule has 1 aliphatic carbocycles. The SMILES string of the molecule is CCN(CC)CCN(Cc1ccc(-c2ccc(C(C)(F)F)cc2)cc1)C(=O)Cn1nc(C2CCCC2)c(=O)nc1SCc1ccc(F)cc1. The number of alkyl halides is 2. The van der Waals surface area contributed by atoms with Crippen LogP contribution in [0.1, 0.15) is 74.8 Å². The maximum atomic E-state index is 14.1. The van der Waals surface area contributed by atoms with E-state index in [1.807, 2.05) is 29.2 Å². The van der Waals surface area contributed by atoms with Gasteiger partial charge in [-0.1, -0.05) is 99.1 Å². The molecule has 0 N–H and O–H groups in total. The minimum Gasteiger partial charge on any atom is -0.335 e. The monoisotopic (exact) mass is 691 g/mol. The van der Waals surface area contributed by atoms with Crippen LogP contribution in [0.25, 0.3) is 11.1 Å². The molecule has 49 heavy (non-hydrogen) atoms. The molecular weight excluding hydrogens is 648 g/mol. The summed E-state index contributed by atoms with van der Waals surface area (Å²) in [6.07, 6.45) is 3.82. The fraction of sp³-hybridized carbons (Fsp3) is 0.421. The summed E-state index contributed by atoms with van der Waals surface area (Å²) in [5.74, 6) is -2.90. The molecule has 0 unspecified atom stereocenters. The number of nitrogens with zero attached hydrogens (tertiary/aromatic N) is 5. The quantitative estimate of drug-likeness (QED) is 0.118. The van der Waals surface area contributed by atoms with Crippen molar-refractivity contribution >= 4 is 17.7 Å². The van der Waals surface area contributed by atoms with E-state index >= 15 is 0 Å². The van der Waals surface area contributed by atoms with Crippen LogP contribution in [0.2, 0.25) is 0 Å². The Morgan fingerprint density at radius 1 is 0.898 bits per heavy atom. The third-order valence-electron chi connectivity index (χ3n) is 9.16. The Morgan fingerprint density at radius 3 is 2.08 bits per heavy atom. The average molecular weight is 692 g/mol. The van der Waals surface area contributed by atoms with Gasteiger partial charge < -0.3 is 9.80 Å². The van der Waals surface area contributed by atoms with Gasteiger partial charge in [-0.05, 0) is 60.3 Å². The normalized spacial score (nSPS) is 13.7. The van der Waals surface area contributed by atoms with Gasteiger partial charge in [-0.25, -0.2) is 17.9 Å². The number of aromatic nitrogens is 3. The molecule has 0 spiro atoms. The number of amides is 1. The molecule has 1 aliphatic rings. The zero-order chi connectivity index (χ0) is 35.0. The molecule has 1 amide bonds. The second-order valence-electron chi connectivity index (χ2n) is 12.6. The topological polar surface area (TPSA) is 71.3 Å². The minimum absolute atomic E-state index is 0.0319. The van der Waals surface area contributed by atoms with Gasteiger partial charge >= 0.3 is 0 Å². The van der Waals surface area contributed by atoms with Gasteiger partial charge in [0.1, 0.15) is 18.1 Å². The van der Waals surface area contributed by atoms with Crippen molar-refractivity contribution in [2.45, 2.75) is 82.3 Å². The first kappa shape index (κ1) is 36.3. The molecule has 1 fully saturated rings. The van der Waals surface area contributed by atoms with Crippen LogP contribution in [0.4, 0.5) is 13.2 Å². The second kappa shape index (κ2) is 16.6. The number of likely N-dealkylation sites (N-methyl/N-ethyl adjacent to an activating group) is 1. The van der Waals surface area contributed by atoms with Crippen LogP contribution in [-0.2, 0) is 29.6 Å². The van der Waals surface area contributed by atoms with Crippen molar-refractivity contribution in [3.05, 3.63) is 111 Å². The highest BCUT2D eigenvalue weighted by molar-refractivity contribution is 7.98. The Morgan fingerprint density at radius 2 is 1.49 bits per heavy atom. The third kappa shape index (κ3) is 9.82. The van der Waals surface area contributed by atoms with E-state index in [9.17, 15) is 22.8 Å². The van der Waals surface area contributed by atoms with E-state index in [4.69, 9.17) is 5.10 Å². The molecule has 260 valence electrons. The molecule has 5 rings (SSSR count). The van der Waals surface area contributed by atoms with Crippen molar-refractivity contribution in [2.24, 2.45) is 0 Å². The Hall–Kier alpha value is -3.96. The fourth-order valence-corrected chi connectivity index (χ4v) is 7.00. The first-order valence-electron chi connectivity index (χ1n) is 17.0. The predicted molar refractivity (Wildman–Crippen MR) is 188 cm³/mol. The van der Waals surface area contributed by atoms with E-state index in [1.165, 1.54) is 36.0 Å². The van der Waals surface area contributed by atoms with Crippen molar-refractivity contribution < 1.29 is 18.0 Å². The van der Waals surface area contributed by atoms with Gasteiger partial charge in [-0.15, -0.1) is 0 Å². The van der Waals surface area contributed by atoms with Crippen LogP contribution in [0.5, 0.6) is 0 Å². The number of carbonyl (C=O) groups excluding carboxylic acids is 1. The van der Waals surface area contributed by atoms with Crippen molar-refractivity contribution in [3.8, 4) is 11.1 Å². The summed E-state index contributed by atoms with van der Waals surface area (Å²) in [4.78, 5) is 35.8. The number of hydrogen-bond acceptors (Lipinski definition) is 6. The summed E-state index contributed by atoms with van der Waals surface area (Å²) in [6.45, 7) is 8.26. The lowest BCUT2D eigenvalue weighted by atomic mass is 10.0. The molecule has 0 aliphatic heterocycles. The van der Waals surface area contributed by atoms with E-state index in [-0.39, 0.29) is 35.3 Å². The Balaban J connectivity index is 1.38. The number of hydrogen-bond donors (Lipinski definition) is 0. The largest absolute Gasteiger partial charge is 0.335 e. The molecule has 7 nitrogen and oxygen atoms in total. The first-order valence-corrected chi connectivity index (χ1v) is 18.0. The zero-order valence-electron chi connectivity index (χ0n) is 28.4. The van der Waals surface area contributed by atoms with Crippen LogP contribution in [0.3, 0.4) is 0 Å². The van der Waals surface area contributed by atoms with Crippen molar-refractivity contribution in [2.75, 3.05) is 26.2 Å². The van der Waals surface area contributed by atoms with Gasteiger partial charge in [0, 0.05) is 43.8 Å². The van der Waals surface area contributed by atoms with E-state index in [0.717, 1.165) is 68.0 Å². The summed E-state index contributed by atoms with van der Waals surface area (Å²) in [6, 6.07) is 20.2. The Labute approximate surface area is 290 Å². The van der Waals surface area contributed by atoms with Gasteiger partial charge in [0.15, 0.2) is 5.16 Å². The maximum Gasteiger partial charge on any atom is 0.295 e. The number of rotatable bonds is 15. The summed E-state index contributed by atoms with van der Waals surface area (Å²) in [7, 11) is 0. The molecule has 0 radical (unpaired) electrons. The number of halogens is 3. The molecule has 3 aromatic carbocycles. The number of thioether (sulfide) groups is 1. The maximum absolute atomic E-state index is 14.1. The highest BCUT2D eigenvalue weighted by Crippen LogP contribution is 2.32. The van der Waals surface area contributed by atoms with Gasteiger partial charge in [-0.2, -0.15) is 10.1 Å². The van der Waals surface area contributed by atoms with Gasteiger partial charge in [0.2, 0.25) is 5.91 Å². The summed E-state index contributed by atoms with van der Waals surface area (Å²) >= 11 is 1.30. The lowest BCUT2D eigenvalue weighted by Crippen LogP contribution is -2.40. The number of benzene rings is 3. The molecule has 1 aromatic heterocycles. The molecule has 0 atom stereocenters. The van der Waals surface area contributed by atoms with Gasteiger partial charge in [0.25, 0.3) is 11.5 Å². The van der Waals surface area contributed by atoms with Crippen LogP contribution < -0.4 is 5.56 Å². The smallest absolute Gasteiger partial charge is 0.295 e. The molecular formula is C38H44F3N5O2S. The van der Waals surface area contributed by atoms with Gasteiger partial charge in [0.05, 0.1) is 0 Å². The molecule has 1 saturated carbocycles. The van der Waals surface area contributed by atoms with E-state index in [1.54, 1.807) is 28.9 Å². The molecule has 1 heterocycles. The lowest BCUT2D eigenvalue weighted by molar-refractivity contribution is -0.133. The minimum atomic E-state index is -2.90. The fourth-order valence-electron chi connectivity index (χ4n) is 6.11. The average Bonchev–Trinajstić information content (AvgIpc) is 3.64. The van der Waals surface area contributed by atoms with Crippen LogP contribution in [0, 0.1) is 5.82 Å². The lowest BCUT2D eigenvalue weighted by Gasteiger charge is -2.27. The molecule has 0 bridgehead atoms. The van der Waals surface area contributed by atoms with Gasteiger partial charge in [-0.3, -0.25) is 9.59 Å². The Kier molecular flexibility index (Phi) is 12.3. The highest BCUT2D eigenvalue weighted by atomic mass is 32.2. The number of carbonyl (C=O) groups is 1.